The topological polar surface area (TPSA) is 62.2 Å². The molecule has 1 aliphatic rings. The van der Waals surface area contributed by atoms with Crippen LogP contribution in [0.15, 0.2) is 4.99 Å². The summed E-state index contributed by atoms with van der Waals surface area (Å²) in [6, 6.07) is 0.617. The van der Waals surface area contributed by atoms with Gasteiger partial charge >= 0.3 is 0 Å². The molecule has 88 valence electrons. The van der Waals surface area contributed by atoms with E-state index in [2.05, 4.69) is 32.7 Å². The minimum absolute atomic E-state index is 0.617. The lowest BCUT2D eigenvalue weighted by Crippen LogP contribution is -2.38. The number of hydrogen-bond donors (Lipinski definition) is 2. The number of guanidine groups is 1. The summed E-state index contributed by atoms with van der Waals surface area (Å²) in [5.41, 5.74) is 0. The average molecular weight is 239 g/mol. The number of aliphatic imine (C=N–C) groups is 1. The quantitative estimate of drug-likeness (QED) is 0.606. The molecular formula is C10H17N5S. The first-order chi connectivity index (χ1) is 7.81. The van der Waals surface area contributed by atoms with Gasteiger partial charge in [-0.25, -0.2) is 0 Å². The summed E-state index contributed by atoms with van der Waals surface area (Å²) in [4.78, 5) is 4.16. The van der Waals surface area contributed by atoms with Crippen LogP contribution in [0.25, 0.3) is 0 Å². The van der Waals surface area contributed by atoms with E-state index in [1.807, 2.05) is 0 Å². The highest BCUT2D eigenvalue weighted by Crippen LogP contribution is 2.18. The minimum Gasteiger partial charge on any atom is -0.354 e. The zero-order chi connectivity index (χ0) is 11.4. The van der Waals surface area contributed by atoms with Crippen LogP contribution in [0.3, 0.4) is 0 Å². The third kappa shape index (κ3) is 3.16. The van der Waals surface area contributed by atoms with Crippen LogP contribution in [0.4, 0.5) is 0 Å². The van der Waals surface area contributed by atoms with E-state index in [4.69, 9.17) is 0 Å². The predicted octanol–water partition coefficient (Wildman–Crippen LogP) is 0.928. The van der Waals surface area contributed by atoms with Gasteiger partial charge < -0.3 is 10.6 Å². The third-order valence-electron chi connectivity index (χ3n) is 2.36. The van der Waals surface area contributed by atoms with E-state index in [0.717, 1.165) is 22.4 Å². The van der Waals surface area contributed by atoms with Crippen molar-refractivity contribution in [3.05, 3.63) is 10.0 Å². The first-order valence-corrected chi connectivity index (χ1v) is 6.42. The number of hydrogen-bond acceptors (Lipinski definition) is 4. The molecule has 6 heteroatoms. The van der Waals surface area contributed by atoms with E-state index in [1.54, 1.807) is 18.4 Å². The highest BCUT2D eigenvalue weighted by atomic mass is 32.1. The van der Waals surface area contributed by atoms with Gasteiger partial charge in [0.2, 0.25) is 0 Å². The average Bonchev–Trinajstić information content (AvgIpc) is 3.00. The molecule has 0 atom stereocenters. The smallest absolute Gasteiger partial charge is 0.191 e. The maximum Gasteiger partial charge on any atom is 0.191 e. The van der Waals surface area contributed by atoms with E-state index in [0.29, 0.717) is 12.6 Å². The SMILES string of the molecule is CCc1nnc(CNC(=NC)NC2CC2)s1. The summed E-state index contributed by atoms with van der Waals surface area (Å²) >= 11 is 1.65. The Labute approximate surface area is 99.4 Å². The largest absolute Gasteiger partial charge is 0.354 e. The van der Waals surface area contributed by atoms with Crippen molar-refractivity contribution in [3.63, 3.8) is 0 Å². The maximum absolute atomic E-state index is 4.16. The fraction of sp³-hybridized carbons (Fsp3) is 0.700. The van der Waals surface area contributed by atoms with Gasteiger partial charge in [0, 0.05) is 13.1 Å². The van der Waals surface area contributed by atoms with Gasteiger partial charge in [-0.05, 0) is 19.3 Å². The Balaban J connectivity index is 1.80. The first kappa shape index (κ1) is 11.3. The van der Waals surface area contributed by atoms with Crippen LogP contribution >= 0.6 is 11.3 Å². The Morgan fingerprint density at radius 1 is 1.44 bits per heavy atom. The van der Waals surface area contributed by atoms with Gasteiger partial charge in [0.25, 0.3) is 0 Å². The second kappa shape index (κ2) is 5.25. The fourth-order valence-corrected chi connectivity index (χ4v) is 2.00. The molecule has 1 aromatic rings. The van der Waals surface area contributed by atoms with E-state index in [-0.39, 0.29) is 0 Å². The molecular weight excluding hydrogens is 222 g/mol. The van der Waals surface area contributed by atoms with Crippen molar-refractivity contribution in [1.82, 2.24) is 20.8 Å². The van der Waals surface area contributed by atoms with Crippen molar-refractivity contribution in [2.75, 3.05) is 7.05 Å². The highest BCUT2D eigenvalue weighted by molar-refractivity contribution is 7.11. The predicted molar refractivity (Wildman–Crippen MR) is 65.6 cm³/mol. The summed E-state index contributed by atoms with van der Waals surface area (Å²) in [5, 5.41) is 16.9. The molecule has 0 aromatic carbocycles. The molecule has 0 aliphatic heterocycles. The molecule has 1 aliphatic carbocycles. The molecule has 0 spiro atoms. The van der Waals surface area contributed by atoms with Crippen LogP contribution < -0.4 is 10.6 Å². The van der Waals surface area contributed by atoms with Crippen molar-refractivity contribution in [1.29, 1.82) is 0 Å². The summed E-state index contributed by atoms with van der Waals surface area (Å²) in [7, 11) is 1.79. The zero-order valence-corrected chi connectivity index (χ0v) is 10.5. The van der Waals surface area contributed by atoms with Crippen LogP contribution in [-0.2, 0) is 13.0 Å². The number of aryl methyl sites for hydroxylation is 1. The number of nitrogens with zero attached hydrogens (tertiary/aromatic N) is 3. The molecule has 0 bridgehead atoms. The Morgan fingerprint density at radius 2 is 2.19 bits per heavy atom. The van der Waals surface area contributed by atoms with E-state index in [1.165, 1.54) is 12.8 Å². The molecule has 0 radical (unpaired) electrons. The lowest BCUT2D eigenvalue weighted by Gasteiger charge is -2.08. The molecule has 0 saturated heterocycles. The van der Waals surface area contributed by atoms with Crippen LogP contribution in [0.5, 0.6) is 0 Å². The summed E-state index contributed by atoms with van der Waals surface area (Å²) in [5.74, 6) is 0.857. The standard InChI is InChI=1S/C10H17N5S/c1-3-8-14-15-9(16-8)6-12-10(11-2)13-7-4-5-7/h7H,3-6H2,1-2H3,(H2,11,12,13). The van der Waals surface area contributed by atoms with Crippen molar-refractivity contribution in [3.8, 4) is 0 Å². The monoisotopic (exact) mass is 239 g/mol. The molecule has 16 heavy (non-hydrogen) atoms. The van der Waals surface area contributed by atoms with Crippen LogP contribution in [0, 0.1) is 0 Å². The molecule has 1 saturated carbocycles. The van der Waals surface area contributed by atoms with Gasteiger partial charge in [-0.3, -0.25) is 4.99 Å². The first-order valence-electron chi connectivity index (χ1n) is 5.60. The van der Waals surface area contributed by atoms with Gasteiger partial charge in [0.15, 0.2) is 5.96 Å². The highest BCUT2D eigenvalue weighted by Gasteiger charge is 2.22. The molecule has 0 unspecified atom stereocenters. The number of rotatable bonds is 4. The zero-order valence-electron chi connectivity index (χ0n) is 9.66. The number of nitrogens with one attached hydrogen (secondary N) is 2. The minimum atomic E-state index is 0.617. The molecule has 0 amide bonds. The summed E-state index contributed by atoms with van der Waals surface area (Å²) in [6.45, 7) is 2.79. The third-order valence-corrected chi connectivity index (χ3v) is 3.43. The van der Waals surface area contributed by atoms with Crippen molar-refractivity contribution in [2.45, 2.75) is 38.8 Å². The van der Waals surface area contributed by atoms with E-state index >= 15 is 0 Å². The summed E-state index contributed by atoms with van der Waals surface area (Å²) < 4.78 is 0. The second-order valence-electron chi connectivity index (χ2n) is 3.79. The lowest BCUT2D eigenvalue weighted by atomic mass is 10.5. The van der Waals surface area contributed by atoms with Crippen LogP contribution in [0.1, 0.15) is 29.8 Å². The lowest BCUT2D eigenvalue weighted by molar-refractivity contribution is 0.791. The second-order valence-corrected chi connectivity index (χ2v) is 4.93. The van der Waals surface area contributed by atoms with Gasteiger partial charge in [-0.15, -0.1) is 10.2 Å². The molecule has 1 fully saturated rings. The van der Waals surface area contributed by atoms with Crippen molar-refractivity contribution >= 4 is 17.3 Å². The molecule has 2 rings (SSSR count). The molecule has 5 nitrogen and oxygen atoms in total. The Hall–Kier alpha value is -1.17. The molecule has 1 heterocycles. The number of aromatic nitrogens is 2. The van der Waals surface area contributed by atoms with Gasteiger partial charge in [-0.1, -0.05) is 18.3 Å². The van der Waals surface area contributed by atoms with Crippen LogP contribution in [-0.4, -0.2) is 29.2 Å². The molecule has 1 aromatic heterocycles. The van der Waals surface area contributed by atoms with Gasteiger partial charge in [0.1, 0.15) is 10.0 Å². The Kier molecular flexibility index (Phi) is 3.71. The van der Waals surface area contributed by atoms with E-state index in [9.17, 15) is 0 Å². The van der Waals surface area contributed by atoms with Gasteiger partial charge in [0.05, 0.1) is 6.54 Å². The molecule has 2 N–H and O–H groups in total. The Bertz CT molecular complexity index is 369. The summed E-state index contributed by atoms with van der Waals surface area (Å²) in [6.07, 6.45) is 3.45. The maximum atomic E-state index is 4.16. The van der Waals surface area contributed by atoms with E-state index < -0.39 is 0 Å². The van der Waals surface area contributed by atoms with Crippen molar-refractivity contribution in [2.24, 2.45) is 4.99 Å². The van der Waals surface area contributed by atoms with Crippen LogP contribution in [0.2, 0.25) is 0 Å². The fourth-order valence-electron chi connectivity index (χ4n) is 1.28. The Morgan fingerprint density at radius 3 is 2.75 bits per heavy atom. The van der Waals surface area contributed by atoms with Crippen molar-refractivity contribution < 1.29 is 0 Å². The normalized spacial score (nSPS) is 16.2. The van der Waals surface area contributed by atoms with Gasteiger partial charge in [-0.2, -0.15) is 0 Å².